The van der Waals surface area contributed by atoms with Crippen LogP contribution < -0.4 is 0 Å². The van der Waals surface area contributed by atoms with Crippen LogP contribution in [0.2, 0.25) is 0 Å². The highest BCUT2D eigenvalue weighted by Crippen LogP contribution is 2.31. The number of allylic oxidation sites excluding steroid dienone is 4. The standard InChI is InChI=1S/C13H19NO/c1-14-10-8-13(15,9-11-14)12-6-4-2-3-5-7-12/h2-4,6-7,15H,5,8-11H2,1H3. The zero-order chi connectivity index (χ0) is 10.7. The molecule has 1 saturated heterocycles. The van der Waals surface area contributed by atoms with E-state index >= 15 is 0 Å². The number of aliphatic hydroxyl groups is 1. The van der Waals surface area contributed by atoms with Gasteiger partial charge in [0.25, 0.3) is 0 Å². The first-order chi connectivity index (χ1) is 7.21. The zero-order valence-electron chi connectivity index (χ0n) is 9.32. The molecule has 0 saturated carbocycles. The molecule has 1 heterocycles. The molecule has 0 aromatic carbocycles. The lowest BCUT2D eigenvalue weighted by molar-refractivity contribution is 0.0191. The molecular weight excluding hydrogens is 186 g/mol. The average Bonchev–Trinajstić information content (AvgIpc) is 2.51. The van der Waals surface area contributed by atoms with E-state index in [1.165, 1.54) is 0 Å². The second-order valence-electron chi connectivity index (χ2n) is 4.52. The summed E-state index contributed by atoms with van der Waals surface area (Å²) in [6.07, 6.45) is 13.0. The number of piperidine rings is 1. The van der Waals surface area contributed by atoms with E-state index in [1.54, 1.807) is 0 Å². The molecule has 0 amide bonds. The lowest BCUT2D eigenvalue weighted by Crippen LogP contribution is -2.43. The Labute approximate surface area is 91.6 Å². The van der Waals surface area contributed by atoms with Crippen molar-refractivity contribution in [3.8, 4) is 0 Å². The molecule has 1 N–H and O–H groups in total. The van der Waals surface area contributed by atoms with Crippen molar-refractivity contribution < 1.29 is 5.11 Å². The van der Waals surface area contributed by atoms with Crippen LogP contribution in [0.4, 0.5) is 0 Å². The van der Waals surface area contributed by atoms with E-state index < -0.39 is 5.60 Å². The van der Waals surface area contributed by atoms with E-state index in [9.17, 15) is 5.11 Å². The molecule has 82 valence electrons. The second-order valence-corrected chi connectivity index (χ2v) is 4.52. The van der Waals surface area contributed by atoms with Crippen LogP contribution in [0.15, 0.2) is 36.0 Å². The predicted octanol–water partition coefficient (Wildman–Crippen LogP) is 1.89. The highest BCUT2D eigenvalue weighted by molar-refractivity contribution is 5.34. The van der Waals surface area contributed by atoms with E-state index in [2.05, 4.69) is 30.2 Å². The summed E-state index contributed by atoms with van der Waals surface area (Å²) < 4.78 is 0. The van der Waals surface area contributed by atoms with E-state index in [-0.39, 0.29) is 0 Å². The van der Waals surface area contributed by atoms with Crippen LogP contribution in [0.1, 0.15) is 19.3 Å². The molecule has 2 rings (SSSR count). The van der Waals surface area contributed by atoms with E-state index in [1.807, 2.05) is 12.2 Å². The maximum absolute atomic E-state index is 10.6. The van der Waals surface area contributed by atoms with Gasteiger partial charge in [0.05, 0.1) is 5.60 Å². The van der Waals surface area contributed by atoms with Crippen molar-refractivity contribution >= 4 is 0 Å². The minimum atomic E-state index is -0.588. The molecule has 0 spiro atoms. The zero-order valence-corrected chi connectivity index (χ0v) is 9.32. The first kappa shape index (κ1) is 10.7. The molecule has 2 nitrogen and oxygen atoms in total. The highest BCUT2D eigenvalue weighted by atomic mass is 16.3. The van der Waals surface area contributed by atoms with Crippen molar-refractivity contribution in [1.82, 2.24) is 4.90 Å². The number of hydrogen-bond acceptors (Lipinski definition) is 2. The van der Waals surface area contributed by atoms with Gasteiger partial charge in [-0.3, -0.25) is 0 Å². The van der Waals surface area contributed by atoms with Gasteiger partial charge in [-0.25, -0.2) is 0 Å². The molecule has 0 atom stereocenters. The van der Waals surface area contributed by atoms with Crippen LogP contribution in [0, 0.1) is 0 Å². The molecule has 0 aromatic heterocycles. The van der Waals surface area contributed by atoms with Gasteiger partial charge < -0.3 is 10.0 Å². The minimum Gasteiger partial charge on any atom is -0.385 e. The fraction of sp³-hybridized carbons (Fsp3) is 0.538. The summed E-state index contributed by atoms with van der Waals surface area (Å²) in [5, 5.41) is 10.6. The summed E-state index contributed by atoms with van der Waals surface area (Å²) in [5.41, 5.74) is 0.510. The fourth-order valence-corrected chi connectivity index (χ4v) is 2.20. The van der Waals surface area contributed by atoms with Gasteiger partial charge in [0.2, 0.25) is 0 Å². The Kier molecular flexibility index (Phi) is 3.08. The molecule has 1 aliphatic carbocycles. The molecule has 2 aliphatic rings. The van der Waals surface area contributed by atoms with Gasteiger partial charge in [0.15, 0.2) is 0 Å². The fourth-order valence-electron chi connectivity index (χ4n) is 2.20. The van der Waals surface area contributed by atoms with Crippen LogP contribution in [0.5, 0.6) is 0 Å². The molecule has 1 aliphatic heterocycles. The lowest BCUT2D eigenvalue weighted by atomic mass is 9.83. The van der Waals surface area contributed by atoms with E-state index in [0.29, 0.717) is 0 Å². The maximum atomic E-state index is 10.6. The van der Waals surface area contributed by atoms with Crippen molar-refractivity contribution in [2.24, 2.45) is 0 Å². The molecule has 0 unspecified atom stereocenters. The third kappa shape index (κ3) is 2.39. The lowest BCUT2D eigenvalue weighted by Gasteiger charge is -2.37. The molecule has 0 bridgehead atoms. The summed E-state index contributed by atoms with van der Waals surface area (Å²) in [6.45, 7) is 1.96. The molecule has 1 fully saturated rings. The topological polar surface area (TPSA) is 23.5 Å². The van der Waals surface area contributed by atoms with Crippen molar-refractivity contribution in [2.45, 2.75) is 24.9 Å². The summed E-state index contributed by atoms with van der Waals surface area (Å²) in [5.74, 6) is 0. The predicted molar refractivity (Wildman–Crippen MR) is 62.7 cm³/mol. The summed E-state index contributed by atoms with van der Waals surface area (Å²) in [7, 11) is 2.11. The normalized spacial score (nSPS) is 26.1. The Bertz CT molecular complexity index is 306. The van der Waals surface area contributed by atoms with Gasteiger partial charge in [-0.1, -0.05) is 30.4 Å². The van der Waals surface area contributed by atoms with Gasteiger partial charge in [-0.05, 0) is 31.9 Å². The van der Waals surface area contributed by atoms with E-state index in [4.69, 9.17) is 0 Å². The van der Waals surface area contributed by atoms with Crippen molar-refractivity contribution in [3.05, 3.63) is 36.0 Å². The maximum Gasteiger partial charge on any atom is 0.0918 e. The van der Waals surface area contributed by atoms with Crippen LogP contribution in [-0.4, -0.2) is 35.7 Å². The van der Waals surface area contributed by atoms with Gasteiger partial charge in [0, 0.05) is 13.1 Å². The molecular formula is C13H19NO. The van der Waals surface area contributed by atoms with Crippen molar-refractivity contribution in [2.75, 3.05) is 20.1 Å². The Hall–Kier alpha value is -0.860. The van der Waals surface area contributed by atoms with E-state index in [0.717, 1.165) is 37.9 Å². The minimum absolute atomic E-state index is 0.588. The third-order valence-electron chi connectivity index (χ3n) is 3.35. The number of rotatable bonds is 1. The van der Waals surface area contributed by atoms with Crippen LogP contribution in [-0.2, 0) is 0 Å². The average molecular weight is 205 g/mol. The third-order valence-corrected chi connectivity index (χ3v) is 3.35. The van der Waals surface area contributed by atoms with Gasteiger partial charge >= 0.3 is 0 Å². The Morgan fingerprint density at radius 1 is 1.27 bits per heavy atom. The summed E-state index contributed by atoms with van der Waals surface area (Å²) in [6, 6.07) is 0. The Morgan fingerprint density at radius 2 is 2.00 bits per heavy atom. The van der Waals surface area contributed by atoms with Gasteiger partial charge in [-0.15, -0.1) is 0 Å². The van der Waals surface area contributed by atoms with Gasteiger partial charge in [0.1, 0.15) is 0 Å². The van der Waals surface area contributed by atoms with Crippen LogP contribution in [0.25, 0.3) is 0 Å². The van der Waals surface area contributed by atoms with Crippen molar-refractivity contribution in [1.29, 1.82) is 0 Å². The quantitative estimate of drug-likeness (QED) is 0.706. The van der Waals surface area contributed by atoms with Crippen LogP contribution >= 0.6 is 0 Å². The first-order valence-corrected chi connectivity index (χ1v) is 5.65. The number of hydrogen-bond donors (Lipinski definition) is 1. The van der Waals surface area contributed by atoms with Crippen molar-refractivity contribution in [3.63, 3.8) is 0 Å². The molecule has 0 radical (unpaired) electrons. The Morgan fingerprint density at radius 3 is 2.73 bits per heavy atom. The SMILES string of the molecule is CN1CCC(O)(C2=CCC=CC=C2)CC1. The monoisotopic (exact) mass is 205 g/mol. The molecule has 2 heteroatoms. The number of likely N-dealkylation sites (tertiary alicyclic amines) is 1. The van der Waals surface area contributed by atoms with Crippen LogP contribution in [0.3, 0.4) is 0 Å². The summed E-state index contributed by atoms with van der Waals surface area (Å²) in [4.78, 5) is 2.27. The second kappa shape index (κ2) is 4.33. The van der Waals surface area contributed by atoms with Gasteiger partial charge in [-0.2, -0.15) is 0 Å². The molecule has 15 heavy (non-hydrogen) atoms. The largest absolute Gasteiger partial charge is 0.385 e. The Balaban J connectivity index is 2.12. The molecule has 0 aromatic rings. The summed E-state index contributed by atoms with van der Waals surface area (Å²) >= 11 is 0. The smallest absolute Gasteiger partial charge is 0.0918 e. The number of nitrogens with zero attached hydrogens (tertiary/aromatic N) is 1. The highest BCUT2D eigenvalue weighted by Gasteiger charge is 2.33. The first-order valence-electron chi connectivity index (χ1n) is 5.65.